The number of halogens is 2. The fourth-order valence-corrected chi connectivity index (χ4v) is 4.01. The summed E-state index contributed by atoms with van der Waals surface area (Å²) >= 11 is 13.5. The maximum atomic E-state index is 12.0. The molecule has 2 aromatic rings. The van der Waals surface area contributed by atoms with Gasteiger partial charge < -0.3 is 10.6 Å². The van der Waals surface area contributed by atoms with Crippen molar-refractivity contribution in [3.63, 3.8) is 0 Å². The van der Waals surface area contributed by atoms with E-state index in [1.807, 2.05) is 18.2 Å². The van der Waals surface area contributed by atoms with E-state index in [9.17, 15) is 4.79 Å². The van der Waals surface area contributed by atoms with Crippen LogP contribution in [0.25, 0.3) is 0 Å². The van der Waals surface area contributed by atoms with Gasteiger partial charge in [0, 0.05) is 34.3 Å². The van der Waals surface area contributed by atoms with Crippen LogP contribution in [0.4, 0.5) is 11.4 Å². The first-order valence-corrected chi connectivity index (χ1v) is 9.52. The predicted octanol–water partition coefficient (Wildman–Crippen LogP) is 5.75. The predicted molar refractivity (Wildman–Crippen MR) is 106 cm³/mol. The number of benzene rings is 1. The number of nitrogens with zero attached hydrogens (tertiary/aromatic N) is 1. The highest BCUT2D eigenvalue weighted by molar-refractivity contribution is 7.15. The van der Waals surface area contributed by atoms with Gasteiger partial charge in [-0.25, -0.2) is 4.98 Å². The lowest BCUT2D eigenvalue weighted by atomic mass is 9.79. The highest BCUT2D eigenvalue weighted by Crippen LogP contribution is 2.36. The van der Waals surface area contributed by atoms with Crippen molar-refractivity contribution in [3.8, 4) is 0 Å². The van der Waals surface area contributed by atoms with Gasteiger partial charge in [-0.1, -0.05) is 37.0 Å². The molecule has 3 rings (SSSR count). The molecule has 132 valence electrons. The van der Waals surface area contributed by atoms with E-state index in [2.05, 4.69) is 29.5 Å². The van der Waals surface area contributed by atoms with E-state index in [-0.39, 0.29) is 11.2 Å². The van der Waals surface area contributed by atoms with Gasteiger partial charge in [0.2, 0.25) is 0 Å². The van der Waals surface area contributed by atoms with Gasteiger partial charge in [0.15, 0.2) is 10.3 Å². The maximum absolute atomic E-state index is 12.0. The van der Waals surface area contributed by atoms with Crippen LogP contribution < -0.4 is 10.6 Å². The Labute approximate surface area is 161 Å². The van der Waals surface area contributed by atoms with Crippen molar-refractivity contribution >= 4 is 51.7 Å². The molecule has 0 saturated carbocycles. The van der Waals surface area contributed by atoms with Gasteiger partial charge in [0.05, 0.1) is 17.9 Å². The van der Waals surface area contributed by atoms with Crippen molar-refractivity contribution in [2.24, 2.45) is 5.41 Å². The lowest BCUT2D eigenvalue weighted by Crippen LogP contribution is -2.24. The number of thiazole rings is 1. The molecule has 1 heterocycles. The van der Waals surface area contributed by atoms with Crippen LogP contribution >= 0.6 is 34.5 Å². The zero-order valence-corrected chi connectivity index (χ0v) is 16.4. The first-order chi connectivity index (χ1) is 11.8. The molecule has 4 nitrogen and oxygen atoms in total. The van der Waals surface area contributed by atoms with E-state index in [4.69, 9.17) is 23.2 Å². The standard InChI is InChI=1S/C18H19Cl2N3OS/c1-18(2)7-12(6-13(24)8-18)23-15-4-3-11(19)5-16(15)21-9-14-10-22-17(20)25-14/h3-6,10,21,23H,7-9H2,1-2H3. The van der Waals surface area contributed by atoms with Crippen molar-refractivity contribution in [1.82, 2.24) is 4.98 Å². The molecule has 0 saturated heterocycles. The van der Waals surface area contributed by atoms with Crippen LogP contribution in [0.1, 0.15) is 31.6 Å². The second-order valence-electron chi connectivity index (χ2n) is 6.90. The van der Waals surface area contributed by atoms with E-state index < -0.39 is 0 Å². The van der Waals surface area contributed by atoms with Gasteiger partial charge in [-0.3, -0.25) is 4.79 Å². The number of ketones is 1. The Morgan fingerprint density at radius 1 is 1.24 bits per heavy atom. The van der Waals surface area contributed by atoms with E-state index in [0.29, 0.717) is 22.5 Å². The highest BCUT2D eigenvalue weighted by atomic mass is 35.5. The third kappa shape index (κ3) is 4.97. The maximum Gasteiger partial charge on any atom is 0.183 e. The summed E-state index contributed by atoms with van der Waals surface area (Å²) in [6.07, 6.45) is 4.86. The summed E-state index contributed by atoms with van der Waals surface area (Å²) in [7, 11) is 0. The van der Waals surface area contributed by atoms with Gasteiger partial charge in [-0.2, -0.15) is 0 Å². The summed E-state index contributed by atoms with van der Waals surface area (Å²) in [5, 5.41) is 7.39. The second kappa shape index (κ2) is 7.36. The summed E-state index contributed by atoms with van der Waals surface area (Å²) in [6, 6.07) is 5.61. The van der Waals surface area contributed by atoms with Crippen molar-refractivity contribution in [2.45, 2.75) is 33.2 Å². The minimum atomic E-state index is -0.0342. The molecule has 2 N–H and O–H groups in total. The molecule has 0 unspecified atom stereocenters. The van der Waals surface area contributed by atoms with Gasteiger partial charge in [0.1, 0.15) is 0 Å². The molecule has 0 spiro atoms. The van der Waals surface area contributed by atoms with Gasteiger partial charge in [-0.15, -0.1) is 11.3 Å². The molecule has 1 aromatic carbocycles. The number of allylic oxidation sites excluding steroid dienone is 2. The average Bonchev–Trinajstić information content (AvgIpc) is 2.91. The van der Waals surface area contributed by atoms with Gasteiger partial charge in [0.25, 0.3) is 0 Å². The number of nitrogens with one attached hydrogen (secondary N) is 2. The smallest absolute Gasteiger partial charge is 0.183 e. The van der Waals surface area contributed by atoms with Crippen LogP contribution in [-0.4, -0.2) is 10.8 Å². The fourth-order valence-electron chi connectivity index (χ4n) is 2.92. The molecule has 7 heteroatoms. The van der Waals surface area contributed by atoms with Crippen LogP contribution in [0.15, 0.2) is 36.2 Å². The monoisotopic (exact) mass is 395 g/mol. The van der Waals surface area contributed by atoms with Crippen LogP contribution in [-0.2, 0) is 11.3 Å². The molecule has 0 atom stereocenters. The van der Waals surface area contributed by atoms with Gasteiger partial charge >= 0.3 is 0 Å². The number of anilines is 2. The third-order valence-corrected chi connectivity index (χ3v) is 5.26. The summed E-state index contributed by atoms with van der Waals surface area (Å²) < 4.78 is 0.523. The number of carbonyl (C=O) groups is 1. The van der Waals surface area contributed by atoms with Crippen molar-refractivity contribution < 1.29 is 4.79 Å². The molecule has 0 aliphatic heterocycles. The van der Waals surface area contributed by atoms with Crippen molar-refractivity contribution in [3.05, 3.63) is 50.5 Å². The second-order valence-corrected chi connectivity index (χ2v) is 9.04. The normalized spacial score (nSPS) is 16.5. The Balaban J connectivity index is 1.78. The molecule has 1 aromatic heterocycles. The van der Waals surface area contributed by atoms with Crippen LogP contribution in [0.2, 0.25) is 9.49 Å². The molecule has 25 heavy (non-hydrogen) atoms. The minimum Gasteiger partial charge on any atom is -0.378 e. The summed E-state index contributed by atoms with van der Waals surface area (Å²) in [6.45, 7) is 4.81. The molecule has 1 aliphatic rings. The Morgan fingerprint density at radius 2 is 2.04 bits per heavy atom. The third-order valence-electron chi connectivity index (χ3n) is 3.91. The summed E-state index contributed by atoms with van der Waals surface area (Å²) in [5.41, 5.74) is 2.64. The summed E-state index contributed by atoms with van der Waals surface area (Å²) in [5.74, 6) is 0.154. The van der Waals surface area contributed by atoms with E-state index in [1.54, 1.807) is 12.3 Å². The number of aromatic nitrogens is 1. The lowest BCUT2D eigenvalue weighted by molar-refractivity contribution is -0.117. The largest absolute Gasteiger partial charge is 0.378 e. The molecule has 0 fully saturated rings. The zero-order chi connectivity index (χ0) is 18.0. The minimum absolute atomic E-state index is 0.0342. The summed E-state index contributed by atoms with van der Waals surface area (Å²) in [4.78, 5) is 17.0. The first kappa shape index (κ1) is 18.2. The Morgan fingerprint density at radius 3 is 2.72 bits per heavy atom. The number of carbonyl (C=O) groups excluding carboxylic acids is 1. The molecular formula is C18H19Cl2N3OS. The molecule has 0 bridgehead atoms. The number of rotatable bonds is 5. The average molecular weight is 396 g/mol. The van der Waals surface area contributed by atoms with Crippen molar-refractivity contribution in [2.75, 3.05) is 10.6 Å². The number of hydrogen-bond donors (Lipinski definition) is 2. The van der Waals surface area contributed by atoms with Crippen molar-refractivity contribution in [1.29, 1.82) is 0 Å². The molecule has 0 radical (unpaired) electrons. The molecule has 0 amide bonds. The first-order valence-electron chi connectivity index (χ1n) is 7.95. The SMILES string of the molecule is CC1(C)CC(=O)C=C(Nc2ccc(Cl)cc2NCc2cnc(Cl)s2)C1. The van der Waals surface area contributed by atoms with Gasteiger partial charge in [-0.05, 0) is 30.0 Å². The molecular weight excluding hydrogens is 377 g/mol. The van der Waals surface area contributed by atoms with Crippen LogP contribution in [0.5, 0.6) is 0 Å². The van der Waals surface area contributed by atoms with E-state index in [1.165, 1.54) is 11.3 Å². The fraction of sp³-hybridized carbons (Fsp3) is 0.333. The quantitative estimate of drug-likeness (QED) is 0.676. The molecule has 1 aliphatic carbocycles. The Kier molecular flexibility index (Phi) is 5.37. The zero-order valence-electron chi connectivity index (χ0n) is 14.0. The Bertz CT molecular complexity index is 829. The van der Waals surface area contributed by atoms with Crippen LogP contribution in [0.3, 0.4) is 0 Å². The topological polar surface area (TPSA) is 54.0 Å². The van der Waals surface area contributed by atoms with E-state index in [0.717, 1.165) is 28.4 Å². The number of hydrogen-bond acceptors (Lipinski definition) is 5. The Hall–Kier alpha value is -1.56. The highest BCUT2D eigenvalue weighted by Gasteiger charge is 2.27. The van der Waals surface area contributed by atoms with E-state index >= 15 is 0 Å². The van der Waals surface area contributed by atoms with Crippen LogP contribution in [0, 0.1) is 5.41 Å². The lowest BCUT2D eigenvalue weighted by Gasteiger charge is -2.29.